The maximum atomic E-state index is 7.97. The van der Waals surface area contributed by atoms with Crippen LogP contribution in [0.25, 0.3) is 0 Å². The van der Waals surface area contributed by atoms with Gasteiger partial charge in [-0.2, -0.15) is 0 Å². The van der Waals surface area contributed by atoms with Gasteiger partial charge >= 0.3 is 463 Å². The van der Waals surface area contributed by atoms with Gasteiger partial charge in [-0.1, -0.05) is 273 Å². The van der Waals surface area contributed by atoms with E-state index in [0.717, 1.165) is 0 Å². The van der Waals surface area contributed by atoms with Crippen molar-refractivity contribution in [1.29, 1.82) is 0 Å². The minimum atomic E-state index is -3.63. The maximum absolute atomic E-state index is 7.97. The Morgan fingerprint density at radius 1 is 0.114 bits per heavy atom. The van der Waals surface area contributed by atoms with Crippen molar-refractivity contribution in [2.24, 2.45) is 0 Å². The molecule has 0 rings (SSSR count). The van der Waals surface area contributed by atoms with Crippen LogP contribution in [0.15, 0.2) is 0 Å². The minimum Gasteiger partial charge on any atom is -0.0654 e. The third kappa shape index (κ3) is 83.5. The van der Waals surface area contributed by atoms with Crippen molar-refractivity contribution < 1.29 is 21.1 Å². The van der Waals surface area contributed by atoms with E-state index in [-0.39, 0.29) is 0 Å². The fraction of sp³-hybridized carbons (Fsp3) is 1.00. The van der Waals surface area contributed by atoms with Crippen molar-refractivity contribution >= 4 is 0 Å². The minimum absolute atomic E-state index is 1.27. The first kappa shape index (κ1) is 115. The molecule has 0 aromatic rings. The molecule has 0 fully saturated rings. The summed E-state index contributed by atoms with van der Waals surface area (Å²) in [5.74, 6) is 0. The van der Waals surface area contributed by atoms with Crippen LogP contribution in [0.5, 0.6) is 0 Å². The van der Waals surface area contributed by atoms with Gasteiger partial charge in [-0.15, -0.1) is 0 Å². The first-order valence-corrected chi connectivity index (χ1v) is 58.2. The summed E-state index contributed by atoms with van der Waals surface area (Å²) in [6, 6.07) is 0. The molecule has 4 nitrogen and oxygen atoms in total. The number of unbranched alkanes of at least 4 members (excludes halogenated alkanes) is 90. The van der Waals surface area contributed by atoms with Crippen LogP contribution in [0.1, 0.15) is 658 Å². The molecule has 5 heteroatoms. The van der Waals surface area contributed by atoms with E-state index in [2.05, 4.69) is 58.8 Å². The molecule has 0 radical (unpaired) electrons. The van der Waals surface area contributed by atoms with Crippen LogP contribution < -0.4 is 0 Å². The zero-order chi connectivity index (χ0) is 82.1. The Kier molecular flexibility index (Phi) is 103. The van der Waals surface area contributed by atoms with E-state index in [1.807, 2.05) is 0 Å². The van der Waals surface area contributed by atoms with Crippen molar-refractivity contribution in [1.82, 2.24) is 10.1 Å². The number of hydrogen-bond donors (Lipinski definition) is 0. The second-order valence-electron chi connectivity index (χ2n) is 38.6. The molecule has 0 amide bonds. The number of nitrogens with zero attached hydrogens (tertiary/aromatic N) is 3. The van der Waals surface area contributed by atoms with Gasteiger partial charge in [0, 0.05) is 0 Å². The molecule has 114 heavy (non-hydrogen) atoms. The summed E-state index contributed by atoms with van der Waals surface area (Å²) in [5.41, 5.74) is 0. The quantitative estimate of drug-likeness (QED) is 0.0446. The zero-order valence-electron chi connectivity index (χ0n) is 81.4. The van der Waals surface area contributed by atoms with Gasteiger partial charge in [-0.25, -0.2) is 0 Å². The van der Waals surface area contributed by atoms with E-state index >= 15 is 0 Å². The predicted molar refractivity (Wildman–Crippen MR) is 519 cm³/mol. The summed E-state index contributed by atoms with van der Waals surface area (Å²) in [5, 5.41) is 0. The van der Waals surface area contributed by atoms with Gasteiger partial charge in [-0.05, 0) is 0 Å². The topological polar surface area (TPSA) is 19.0 Å². The predicted octanol–water partition coefficient (Wildman–Crippen LogP) is 39.9. The second kappa shape index (κ2) is 102. The fourth-order valence-electron chi connectivity index (χ4n) is 19.3. The average molecular weight is 1640 g/mol. The van der Waals surface area contributed by atoms with Crippen LogP contribution in [-0.2, 0) is 21.1 Å². The molecule has 0 spiro atoms. The van der Waals surface area contributed by atoms with Crippen LogP contribution in [0.4, 0.5) is 0 Å². The van der Waals surface area contributed by atoms with E-state index in [1.165, 1.54) is 656 Å². The number of rotatable bonds is 106. The van der Waals surface area contributed by atoms with Crippen LogP contribution in [0, 0.1) is 0 Å². The normalized spacial score (nSPS) is 12.2. The van der Waals surface area contributed by atoms with Crippen molar-refractivity contribution in [2.75, 3.05) is 46.4 Å². The van der Waals surface area contributed by atoms with Crippen molar-refractivity contribution in [2.45, 2.75) is 658 Å². The Hall–Kier alpha value is 0.554. The SMILES string of the molecule is CCCCCCCCCCCCCCCCCC[N](CCCCCCCCCCCCCCCCCC)[Ti]([O]C)([N](CCCCCCCCCCCCCCCCCC)CCCCCCCCCCCCCCCCCC)[N](CCCCCCCCCCCCCCCCCC)CCCCCCCCCCCCCCCCCC. The van der Waals surface area contributed by atoms with Gasteiger partial charge in [-0.3, -0.25) is 0 Å². The summed E-state index contributed by atoms with van der Waals surface area (Å²) in [4.78, 5) is 0. The molecule has 0 aliphatic rings. The molecule has 0 unspecified atom stereocenters. The van der Waals surface area contributed by atoms with E-state index < -0.39 is 17.7 Å². The summed E-state index contributed by atoms with van der Waals surface area (Å²) in [6.45, 7) is 21.7. The van der Waals surface area contributed by atoms with Gasteiger partial charge in [0.25, 0.3) is 0 Å². The average Bonchev–Trinajstić information content (AvgIpc) is 0.771. The Bertz CT molecular complexity index is 1370. The van der Waals surface area contributed by atoms with Gasteiger partial charge in [0.2, 0.25) is 0 Å². The number of hydrogen-bond acceptors (Lipinski definition) is 4. The Balaban J connectivity index is 7.05. The van der Waals surface area contributed by atoms with Crippen molar-refractivity contribution in [3.8, 4) is 0 Å². The van der Waals surface area contributed by atoms with Crippen LogP contribution >= 0.6 is 0 Å². The van der Waals surface area contributed by atoms with Gasteiger partial charge in [0.1, 0.15) is 0 Å². The van der Waals surface area contributed by atoms with Gasteiger partial charge in [0.05, 0.1) is 0 Å². The molecule has 0 bridgehead atoms. The summed E-state index contributed by atoms with van der Waals surface area (Å²) in [6.07, 6.45) is 139. The molecule has 0 atom stereocenters. The Morgan fingerprint density at radius 2 is 0.184 bits per heavy atom. The summed E-state index contributed by atoms with van der Waals surface area (Å²) >= 11 is -3.63. The molecule has 0 aliphatic heterocycles. The first-order chi connectivity index (χ1) is 56.6. The van der Waals surface area contributed by atoms with E-state index in [4.69, 9.17) is 3.32 Å². The second-order valence-corrected chi connectivity index (χ2v) is 44.0. The fourth-order valence-corrected chi connectivity index (χ4v) is 26.6. The molecular formula is C109H225N3OTi. The molecule has 0 aromatic heterocycles. The van der Waals surface area contributed by atoms with Crippen LogP contribution in [-0.4, -0.2) is 56.5 Å². The van der Waals surface area contributed by atoms with Gasteiger partial charge in [0.15, 0.2) is 0 Å². The molecular weight excluding hydrogens is 1420 g/mol. The summed E-state index contributed by atoms with van der Waals surface area (Å²) < 4.78 is 17.8. The molecule has 686 valence electrons. The van der Waals surface area contributed by atoms with Crippen LogP contribution in [0.3, 0.4) is 0 Å². The Labute approximate surface area is 730 Å². The van der Waals surface area contributed by atoms with E-state index in [1.54, 1.807) is 0 Å². The monoisotopic (exact) mass is 1640 g/mol. The summed E-state index contributed by atoms with van der Waals surface area (Å²) in [7, 11) is 2.32. The van der Waals surface area contributed by atoms with Crippen LogP contribution in [0.2, 0.25) is 0 Å². The third-order valence-electron chi connectivity index (χ3n) is 27.2. The zero-order valence-corrected chi connectivity index (χ0v) is 82.9. The van der Waals surface area contributed by atoms with Gasteiger partial charge < -0.3 is 0 Å². The van der Waals surface area contributed by atoms with Crippen molar-refractivity contribution in [3.05, 3.63) is 0 Å². The van der Waals surface area contributed by atoms with Crippen molar-refractivity contribution in [3.63, 3.8) is 0 Å². The Morgan fingerprint density at radius 3 is 0.254 bits per heavy atom. The molecule has 0 saturated carbocycles. The third-order valence-corrected chi connectivity index (χ3v) is 34.0. The smallest absolute Gasteiger partial charge is 0.0654 e. The molecule has 0 aromatic carbocycles. The molecule has 0 N–H and O–H groups in total. The standard InChI is InChI=1S/3C36H74N.CH3O.Ti/c3*1-3-5-7-9-11-13-15-17-19-21-23-25-27-29-31-33-35-37-36-34-32-30-28-26-24-22-20-18-16-14-12-10-8-6-4-2;1-2;/h3*3-36H2,1-2H3;1H3;/q4*-1;+4. The van der Waals surface area contributed by atoms with E-state index in [0.29, 0.717) is 0 Å². The van der Waals surface area contributed by atoms with E-state index in [9.17, 15) is 0 Å². The first-order valence-electron chi connectivity index (χ1n) is 55.4. The molecule has 0 heterocycles. The molecule has 0 saturated heterocycles. The molecule has 0 aliphatic carbocycles.